The van der Waals surface area contributed by atoms with Crippen molar-refractivity contribution in [3.8, 4) is 45.4 Å². The van der Waals surface area contributed by atoms with Gasteiger partial charge in [-0.15, -0.1) is 0 Å². The first-order valence-electron chi connectivity index (χ1n) is 8.62. The van der Waals surface area contributed by atoms with E-state index in [4.69, 9.17) is 9.47 Å². The van der Waals surface area contributed by atoms with Crippen molar-refractivity contribution < 1.29 is 19.7 Å². The molecule has 0 radical (unpaired) electrons. The van der Waals surface area contributed by atoms with E-state index in [9.17, 15) is 10.2 Å². The van der Waals surface area contributed by atoms with Gasteiger partial charge in [0.2, 0.25) is 0 Å². The Morgan fingerprint density at radius 3 is 2.14 bits per heavy atom. The molecule has 142 valence electrons. The fraction of sp³-hybridized carbons (Fsp3) is 0.143. The van der Waals surface area contributed by atoms with E-state index in [0.717, 1.165) is 17.0 Å². The molecular formula is C21H19N3O4. The Morgan fingerprint density at radius 1 is 0.893 bits per heavy atom. The molecule has 0 aliphatic carbocycles. The van der Waals surface area contributed by atoms with Gasteiger partial charge in [0.05, 0.1) is 31.2 Å². The maximum absolute atomic E-state index is 10.7. The molecule has 28 heavy (non-hydrogen) atoms. The summed E-state index contributed by atoms with van der Waals surface area (Å²) in [5.74, 6) is 0.843. The van der Waals surface area contributed by atoms with Crippen molar-refractivity contribution >= 4 is 5.65 Å². The van der Waals surface area contributed by atoms with Gasteiger partial charge in [0.15, 0.2) is 5.65 Å². The largest absolute Gasteiger partial charge is 0.507 e. The molecular weight excluding hydrogens is 358 g/mol. The fourth-order valence-electron chi connectivity index (χ4n) is 3.22. The van der Waals surface area contributed by atoms with Crippen LogP contribution in [0.25, 0.3) is 28.0 Å². The summed E-state index contributed by atoms with van der Waals surface area (Å²) in [7, 11) is 3.08. The lowest BCUT2D eigenvalue weighted by Gasteiger charge is -2.15. The van der Waals surface area contributed by atoms with Crippen LogP contribution in [0.5, 0.6) is 23.0 Å². The van der Waals surface area contributed by atoms with Crippen LogP contribution < -0.4 is 9.47 Å². The number of benzene rings is 2. The Kier molecular flexibility index (Phi) is 4.27. The average Bonchev–Trinajstić information content (AvgIpc) is 3.08. The van der Waals surface area contributed by atoms with E-state index in [-0.39, 0.29) is 17.1 Å². The van der Waals surface area contributed by atoms with E-state index in [0.29, 0.717) is 22.7 Å². The first-order chi connectivity index (χ1) is 13.5. The van der Waals surface area contributed by atoms with Crippen LogP contribution in [0.2, 0.25) is 0 Å². The van der Waals surface area contributed by atoms with Crippen molar-refractivity contribution in [3.63, 3.8) is 0 Å². The molecule has 7 nitrogen and oxygen atoms in total. The third kappa shape index (κ3) is 2.87. The number of aromatic hydroxyl groups is 2. The highest BCUT2D eigenvalue weighted by Crippen LogP contribution is 2.44. The molecule has 0 aliphatic heterocycles. The third-order valence-corrected chi connectivity index (χ3v) is 4.55. The van der Waals surface area contributed by atoms with Gasteiger partial charge in [-0.05, 0) is 24.6 Å². The molecule has 2 N–H and O–H groups in total. The van der Waals surface area contributed by atoms with Gasteiger partial charge in [-0.1, -0.05) is 12.1 Å². The number of nitrogens with zero attached hydrogens (tertiary/aromatic N) is 3. The first kappa shape index (κ1) is 17.7. The maximum atomic E-state index is 10.7. The Morgan fingerprint density at radius 2 is 1.54 bits per heavy atom. The van der Waals surface area contributed by atoms with Crippen molar-refractivity contribution in [3.05, 3.63) is 54.4 Å². The number of fused-ring (bicyclic) bond motifs is 1. The predicted octanol–water partition coefficient (Wildman–Crippen LogP) is 3.80. The van der Waals surface area contributed by atoms with Crippen molar-refractivity contribution in [1.82, 2.24) is 14.6 Å². The molecule has 0 fully saturated rings. The quantitative estimate of drug-likeness (QED) is 0.562. The summed E-state index contributed by atoms with van der Waals surface area (Å²) >= 11 is 0. The minimum absolute atomic E-state index is 0.118. The molecule has 4 aromatic rings. The van der Waals surface area contributed by atoms with Crippen molar-refractivity contribution in [2.45, 2.75) is 6.92 Å². The van der Waals surface area contributed by atoms with Crippen LogP contribution in [0.3, 0.4) is 0 Å². The summed E-state index contributed by atoms with van der Waals surface area (Å²) in [6.45, 7) is 1.86. The molecule has 4 rings (SSSR count). The number of methoxy groups -OCH3 is 2. The second-order valence-electron chi connectivity index (χ2n) is 6.35. The number of aromatic nitrogens is 3. The lowest BCUT2D eigenvalue weighted by molar-refractivity contribution is 0.399. The highest BCUT2D eigenvalue weighted by Gasteiger charge is 2.21. The summed E-state index contributed by atoms with van der Waals surface area (Å²) in [5.41, 5.74) is 3.71. The van der Waals surface area contributed by atoms with Gasteiger partial charge >= 0.3 is 0 Å². The molecule has 0 aliphatic rings. The monoisotopic (exact) mass is 377 g/mol. The standard InChI is InChI=1S/C21H19N3O4/c1-12-8-19-22-11-16(13-4-6-14(27-2)7-5-13)21(24(19)23-12)20-17(25)9-15(28-3)10-18(20)26/h4-11,25-26H,1-3H3. The van der Waals surface area contributed by atoms with E-state index in [2.05, 4.69) is 10.1 Å². The number of hydrogen-bond donors (Lipinski definition) is 2. The molecule has 2 aromatic heterocycles. The smallest absolute Gasteiger partial charge is 0.155 e. The van der Waals surface area contributed by atoms with Crippen molar-refractivity contribution in [2.24, 2.45) is 0 Å². The lowest BCUT2D eigenvalue weighted by Crippen LogP contribution is -2.00. The second kappa shape index (κ2) is 6.77. The zero-order valence-corrected chi connectivity index (χ0v) is 15.7. The van der Waals surface area contributed by atoms with Crippen LogP contribution in [0, 0.1) is 6.92 Å². The Hall–Kier alpha value is -3.74. The van der Waals surface area contributed by atoms with E-state index in [1.807, 2.05) is 37.3 Å². The minimum atomic E-state index is -0.118. The molecule has 0 saturated carbocycles. The molecule has 0 unspecified atom stereocenters. The van der Waals surface area contributed by atoms with E-state index in [1.165, 1.54) is 19.2 Å². The van der Waals surface area contributed by atoms with Crippen LogP contribution >= 0.6 is 0 Å². The van der Waals surface area contributed by atoms with E-state index >= 15 is 0 Å². The molecule has 7 heteroatoms. The van der Waals surface area contributed by atoms with E-state index < -0.39 is 0 Å². The van der Waals surface area contributed by atoms with Gasteiger partial charge in [0.1, 0.15) is 23.0 Å². The normalized spacial score (nSPS) is 11.0. The van der Waals surface area contributed by atoms with Gasteiger partial charge in [0, 0.05) is 30.0 Å². The van der Waals surface area contributed by atoms with Gasteiger partial charge in [-0.3, -0.25) is 0 Å². The van der Waals surface area contributed by atoms with Crippen LogP contribution in [-0.4, -0.2) is 39.0 Å². The minimum Gasteiger partial charge on any atom is -0.507 e. The molecule has 0 saturated heterocycles. The Bertz CT molecular complexity index is 1140. The summed E-state index contributed by atoms with van der Waals surface area (Å²) in [6.07, 6.45) is 1.71. The molecule has 0 amide bonds. The zero-order valence-electron chi connectivity index (χ0n) is 15.7. The summed E-state index contributed by atoms with van der Waals surface area (Å²) in [6, 6.07) is 12.2. The number of hydrogen-bond acceptors (Lipinski definition) is 6. The Balaban J connectivity index is 2.05. The fourth-order valence-corrected chi connectivity index (χ4v) is 3.22. The number of aryl methyl sites for hydroxylation is 1. The molecule has 2 aromatic carbocycles. The highest BCUT2D eigenvalue weighted by atomic mass is 16.5. The predicted molar refractivity (Wildman–Crippen MR) is 105 cm³/mol. The maximum Gasteiger partial charge on any atom is 0.155 e. The summed E-state index contributed by atoms with van der Waals surface area (Å²) in [4.78, 5) is 4.48. The van der Waals surface area contributed by atoms with Gasteiger partial charge in [0.25, 0.3) is 0 Å². The molecule has 2 heterocycles. The van der Waals surface area contributed by atoms with Crippen molar-refractivity contribution in [1.29, 1.82) is 0 Å². The highest BCUT2D eigenvalue weighted by molar-refractivity contribution is 5.88. The topological polar surface area (TPSA) is 89.1 Å². The van der Waals surface area contributed by atoms with E-state index in [1.54, 1.807) is 17.8 Å². The number of rotatable bonds is 4. The van der Waals surface area contributed by atoms with Gasteiger partial charge in [-0.2, -0.15) is 5.10 Å². The third-order valence-electron chi connectivity index (χ3n) is 4.55. The van der Waals surface area contributed by atoms with Crippen molar-refractivity contribution in [2.75, 3.05) is 14.2 Å². The number of phenols is 2. The number of phenolic OH excluding ortho intramolecular Hbond substituents is 2. The van der Waals surface area contributed by atoms with Crippen LogP contribution in [0.4, 0.5) is 0 Å². The Labute approximate surface area is 161 Å². The lowest BCUT2D eigenvalue weighted by atomic mass is 9.99. The summed E-state index contributed by atoms with van der Waals surface area (Å²) in [5, 5.41) is 25.8. The summed E-state index contributed by atoms with van der Waals surface area (Å²) < 4.78 is 12.0. The van der Waals surface area contributed by atoms with Crippen LogP contribution in [0.15, 0.2) is 48.7 Å². The van der Waals surface area contributed by atoms with Gasteiger partial charge < -0.3 is 19.7 Å². The van der Waals surface area contributed by atoms with Gasteiger partial charge in [-0.25, -0.2) is 9.50 Å². The van der Waals surface area contributed by atoms with Crippen LogP contribution in [0.1, 0.15) is 5.69 Å². The first-order valence-corrected chi connectivity index (χ1v) is 8.62. The van der Waals surface area contributed by atoms with Crippen LogP contribution in [-0.2, 0) is 0 Å². The average molecular weight is 377 g/mol. The molecule has 0 atom stereocenters. The zero-order chi connectivity index (χ0) is 19.8. The molecule has 0 spiro atoms. The number of ether oxygens (including phenoxy) is 2. The second-order valence-corrected chi connectivity index (χ2v) is 6.35. The SMILES string of the molecule is COc1ccc(-c2cnc3cc(C)nn3c2-c2c(O)cc(OC)cc2O)cc1. The molecule has 0 bridgehead atoms.